The second-order valence-corrected chi connectivity index (χ2v) is 5.64. The highest BCUT2D eigenvalue weighted by molar-refractivity contribution is 5.95. The highest BCUT2D eigenvalue weighted by atomic mass is 16.5. The van der Waals surface area contributed by atoms with Crippen LogP contribution in [0.15, 0.2) is 60.7 Å². The Morgan fingerprint density at radius 3 is 2.32 bits per heavy atom. The molecule has 0 fully saturated rings. The lowest BCUT2D eigenvalue weighted by Crippen LogP contribution is -2.09. The standard InChI is InChI=1S/C21H19NO3/c1-3-25-21(24)19-20(23)18(13-14(2)22-19)17-12-8-7-11-16(17)15-9-5-4-6-10-15/h4-13,23H,3H2,1-2H3. The molecule has 1 aromatic heterocycles. The van der Waals surface area contributed by atoms with Crippen LogP contribution in [0.1, 0.15) is 23.1 Å². The van der Waals surface area contributed by atoms with Gasteiger partial charge in [-0.1, -0.05) is 54.6 Å². The number of hydrogen-bond donors (Lipinski definition) is 1. The molecule has 0 spiro atoms. The van der Waals surface area contributed by atoms with Gasteiger partial charge in [0.2, 0.25) is 0 Å². The van der Waals surface area contributed by atoms with Gasteiger partial charge in [-0.25, -0.2) is 9.78 Å². The van der Waals surface area contributed by atoms with E-state index in [-0.39, 0.29) is 18.1 Å². The van der Waals surface area contributed by atoms with E-state index in [0.29, 0.717) is 11.3 Å². The van der Waals surface area contributed by atoms with Crippen LogP contribution in [0, 0.1) is 6.92 Å². The highest BCUT2D eigenvalue weighted by Gasteiger charge is 2.21. The fourth-order valence-corrected chi connectivity index (χ4v) is 2.80. The van der Waals surface area contributed by atoms with E-state index in [2.05, 4.69) is 4.98 Å². The number of aromatic hydroxyl groups is 1. The molecule has 0 aliphatic rings. The Morgan fingerprint density at radius 1 is 1.00 bits per heavy atom. The summed E-state index contributed by atoms with van der Waals surface area (Å²) >= 11 is 0. The van der Waals surface area contributed by atoms with Crippen molar-refractivity contribution in [3.05, 3.63) is 72.1 Å². The molecule has 4 nitrogen and oxygen atoms in total. The van der Waals surface area contributed by atoms with Crippen LogP contribution in [0.3, 0.4) is 0 Å². The van der Waals surface area contributed by atoms with E-state index in [9.17, 15) is 9.90 Å². The molecule has 0 saturated heterocycles. The molecule has 4 heteroatoms. The first-order chi connectivity index (χ1) is 12.1. The molecule has 0 aliphatic heterocycles. The van der Waals surface area contributed by atoms with E-state index >= 15 is 0 Å². The summed E-state index contributed by atoms with van der Waals surface area (Å²) in [5, 5.41) is 10.7. The Kier molecular flexibility index (Phi) is 4.80. The maximum absolute atomic E-state index is 12.1. The van der Waals surface area contributed by atoms with Crippen molar-refractivity contribution in [1.29, 1.82) is 0 Å². The molecular formula is C21H19NO3. The monoisotopic (exact) mass is 333 g/mol. The number of pyridine rings is 1. The van der Waals surface area contributed by atoms with Crippen LogP contribution < -0.4 is 0 Å². The van der Waals surface area contributed by atoms with E-state index in [1.807, 2.05) is 54.6 Å². The number of esters is 1. The maximum atomic E-state index is 12.1. The Labute approximate surface area is 146 Å². The average Bonchev–Trinajstić information content (AvgIpc) is 2.64. The first-order valence-corrected chi connectivity index (χ1v) is 8.14. The molecule has 126 valence electrons. The van der Waals surface area contributed by atoms with Gasteiger partial charge in [0.25, 0.3) is 0 Å². The number of hydrogen-bond acceptors (Lipinski definition) is 4. The summed E-state index contributed by atoms with van der Waals surface area (Å²) in [7, 11) is 0. The number of aromatic nitrogens is 1. The van der Waals surface area contributed by atoms with Gasteiger partial charge >= 0.3 is 5.97 Å². The van der Waals surface area contributed by atoms with E-state index in [4.69, 9.17) is 4.74 Å². The predicted molar refractivity (Wildman–Crippen MR) is 97.5 cm³/mol. The molecule has 1 heterocycles. The fourth-order valence-electron chi connectivity index (χ4n) is 2.80. The van der Waals surface area contributed by atoms with Crippen LogP contribution in [0.4, 0.5) is 0 Å². The van der Waals surface area contributed by atoms with Gasteiger partial charge in [-0.05, 0) is 36.6 Å². The lowest BCUT2D eigenvalue weighted by molar-refractivity contribution is 0.0515. The maximum Gasteiger partial charge on any atom is 0.360 e. The summed E-state index contributed by atoms with van der Waals surface area (Å²) in [4.78, 5) is 16.3. The normalized spacial score (nSPS) is 10.5. The second-order valence-electron chi connectivity index (χ2n) is 5.64. The van der Waals surface area contributed by atoms with Crippen molar-refractivity contribution in [3.63, 3.8) is 0 Å². The molecule has 3 aromatic rings. The SMILES string of the molecule is CCOC(=O)c1nc(C)cc(-c2ccccc2-c2ccccc2)c1O. The number of carbonyl (C=O) groups excluding carboxylic acids is 1. The Hall–Kier alpha value is -3.14. The number of aryl methyl sites for hydroxylation is 1. The zero-order chi connectivity index (χ0) is 17.8. The lowest BCUT2D eigenvalue weighted by Gasteiger charge is -2.14. The summed E-state index contributed by atoms with van der Waals surface area (Å²) in [6.45, 7) is 3.73. The van der Waals surface area contributed by atoms with Gasteiger partial charge < -0.3 is 9.84 Å². The van der Waals surface area contributed by atoms with Crippen molar-refractivity contribution in [2.24, 2.45) is 0 Å². The summed E-state index contributed by atoms with van der Waals surface area (Å²) in [6, 6.07) is 19.5. The molecule has 0 atom stereocenters. The largest absolute Gasteiger partial charge is 0.505 e. The molecule has 3 rings (SSSR count). The molecule has 0 saturated carbocycles. The Morgan fingerprint density at radius 2 is 1.64 bits per heavy atom. The first kappa shape index (κ1) is 16.7. The Bertz CT molecular complexity index is 904. The van der Waals surface area contributed by atoms with Gasteiger partial charge in [-0.2, -0.15) is 0 Å². The quantitative estimate of drug-likeness (QED) is 0.709. The second kappa shape index (κ2) is 7.18. The van der Waals surface area contributed by atoms with Gasteiger partial charge in [-0.15, -0.1) is 0 Å². The third-order valence-corrected chi connectivity index (χ3v) is 3.89. The predicted octanol–water partition coefficient (Wildman–Crippen LogP) is 4.61. The number of benzene rings is 2. The van der Waals surface area contributed by atoms with Gasteiger partial charge in [0.15, 0.2) is 11.4 Å². The van der Waals surface area contributed by atoms with Crippen molar-refractivity contribution < 1.29 is 14.6 Å². The van der Waals surface area contributed by atoms with Crippen LogP contribution in [-0.2, 0) is 4.74 Å². The summed E-state index contributed by atoms with van der Waals surface area (Å²) in [5.74, 6) is -0.783. The first-order valence-electron chi connectivity index (χ1n) is 8.14. The number of rotatable bonds is 4. The van der Waals surface area contributed by atoms with Crippen molar-refractivity contribution >= 4 is 5.97 Å². The molecule has 1 N–H and O–H groups in total. The van der Waals surface area contributed by atoms with Crippen molar-refractivity contribution in [2.45, 2.75) is 13.8 Å². The van der Waals surface area contributed by atoms with Crippen LogP contribution in [0.5, 0.6) is 5.75 Å². The summed E-state index contributed by atoms with van der Waals surface area (Å²) in [6.07, 6.45) is 0. The zero-order valence-electron chi connectivity index (χ0n) is 14.2. The zero-order valence-corrected chi connectivity index (χ0v) is 14.2. The molecule has 0 aliphatic carbocycles. The van der Waals surface area contributed by atoms with Crippen molar-refractivity contribution in [3.8, 4) is 28.0 Å². The van der Waals surface area contributed by atoms with Crippen LogP contribution in [0.25, 0.3) is 22.3 Å². The van der Waals surface area contributed by atoms with Crippen molar-refractivity contribution in [1.82, 2.24) is 4.98 Å². The van der Waals surface area contributed by atoms with E-state index in [0.717, 1.165) is 16.7 Å². The Balaban J connectivity index is 2.20. The van der Waals surface area contributed by atoms with Gasteiger partial charge in [-0.3, -0.25) is 0 Å². The third-order valence-electron chi connectivity index (χ3n) is 3.89. The van der Waals surface area contributed by atoms with Gasteiger partial charge in [0.1, 0.15) is 0 Å². The number of carbonyl (C=O) groups is 1. The number of ether oxygens (including phenoxy) is 1. The fraction of sp³-hybridized carbons (Fsp3) is 0.143. The highest BCUT2D eigenvalue weighted by Crippen LogP contribution is 2.38. The van der Waals surface area contributed by atoms with Gasteiger partial charge in [0, 0.05) is 11.3 Å². The van der Waals surface area contributed by atoms with E-state index in [1.54, 1.807) is 19.9 Å². The lowest BCUT2D eigenvalue weighted by atomic mass is 9.93. The van der Waals surface area contributed by atoms with E-state index in [1.165, 1.54) is 0 Å². The van der Waals surface area contributed by atoms with Crippen LogP contribution in [-0.4, -0.2) is 22.7 Å². The molecule has 0 unspecified atom stereocenters. The van der Waals surface area contributed by atoms with Crippen LogP contribution in [0.2, 0.25) is 0 Å². The third kappa shape index (κ3) is 3.38. The summed E-state index contributed by atoms with van der Waals surface area (Å²) < 4.78 is 5.01. The van der Waals surface area contributed by atoms with Gasteiger partial charge in [0.05, 0.1) is 6.61 Å². The smallest absolute Gasteiger partial charge is 0.360 e. The minimum Gasteiger partial charge on any atom is -0.505 e. The van der Waals surface area contributed by atoms with Crippen molar-refractivity contribution in [2.75, 3.05) is 6.61 Å². The molecule has 2 aromatic carbocycles. The molecule has 25 heavy (non-hydrogen) atoms. The average molecular weight is 333 g/mol. The minimum atomic E-state index is -0.623. The summed E-state index contributed by atoms with van der Waals surface area (Å²) in [5.41, 5.74) is 3.99. The van der Waals surface area contributed by atoms with Crippen LogP contribution >= 0.6 is 0 Å². The topological polar surface area (TPSA) is 59.4 Å². The number of nitrogens with zero attached hydrogens (tertiary/aromatic N) is 1. The molecule has 0 bridgehead atoms. The molecule has 0 amide bonds. The van der Waals surface area contributed by atoms with E-state index < -0.39 is 5.97 Å². The molecule has 0 radical (unpaired) electrons. The minimum absolute atomic E-state index is 0.0558. The molecular weight excluding hydrogens is 314 g/mol.